The molecule has 5 heteroatoms. The molecule has 0 bridgehead atoms. The number of rotatable bonds is 4. The van der Waals surface area contributed by atoms with E-state index in [9.17, 15) is 14.7 Å². The number of carbonyl (C=O) groups is 2. The van der Waals surface area contributed by atoms with E-state index in [1.165, 1.54) is 6.07 Å². The van der Waals surface area contributed by atoms with Gasteiger partial charge in [-0.3, -0.25) is 9.59 Å². The van der Waals surface area contributed by atoms with Crippen LogP contribution in [0, 0.1) is 12.3 Å². The lowest BCUT2D eigenvalue weighted by Gasteiger charge is -2.12. The third-order valence-electron chi connectivity index (χ3n) is 3.44. The highest BCUT2D eigenvalue weighted by Gasteiger charge is 2.50. The van der Waals surface area contributed by atoms with Crippen molar-refractivity contribution < 1.29 is 19.8 Å². The maximum absolute atomic E-state index is 11.9. The molecule has 1 fully saturated rings. The third-order valence-corrected chi connectivity index (χ3v) is 3.44. The standard InChI is InChI=1S/C13H15NO4/c1-8-9(3-2-4-10(8)15)11(16)14-7-13(5-6-13)12(17)18/h2-4,15H,5-7H2,1H3,(H,14,16)(H,17,18). The largest absolute Gasteiger partial charge is 0.508 e. The van der Waals surface area contributed by atoms with Crippen LogP contribution in [0.2, 0.25) is 0 Å². The molecule has 1 aliphatic rings. The minimum Gasteiger partial charge on any atom is -0.508 e. The van der Waals surface area contributed by atoms with Crippen molar-refractivity contribution in [2.24, 2.45) is 5.41 Å². The van der Waals surface area contributed by atoms with Gasteiger partial charge in [-0.1, -0.05) is 6.07 Å². The fourth-order valence-corrected chi connectivity index (χ4v) is 1.83. The molecule has 0 radical (unpaired) electrons. The van der Waals surface area contributed by atoms with Crippen molar-refractivity contribution in [3.05, 3.63) is 29.3 Å². The Balaban J connectivity index is 2.05. The van der Waals surface area contributed by atoms with Gasteiger partial charge in [0.25, 0.3) is 5.91 Å². The highest BCUT2D eigenvalue weighted by Crippen LogP contribution is 2.45. The van der Waals surface area contributed by atoms with E-state index >= 15 is 0 Å². The van der Waals surface area contributed by atoms with Crippen molar-refractivity contribution in [3.8, 4) is 5.75 Å². The molecule has 0 aromatic heterocycles. The fourth-order valence-electron chi connectivity index (χ4n) is 1.83. The molecule has 96 valence electrons. The lowest BCUT2D eigenvalue weighted by molar-refractivity contribution is -0.143. The van der Waals surface area contributed by atoms with E-state index in [0.29, 0.717) is 24.0 Å². The second-order valence-corrected chi connectivity index (χ2v) is 4.72. The molecule has 18 heavy (non-hydrogen) atoms. The van der Waals surface area contributed by atoms with Gasteiger partial charge in [0.2, 0.25) is 0 Å². The number of amides is 1. The first kappa shape index (κ1) is 12.4. The van der Waals surface area contributed by atoms with E-state index in [2.05, 4.69) is 5.32 Å². The van der Waals surface area contributed by atoms with Crippen LogP contribution in [0.1, 0.15) is 28.8 Å². The Morgan fingerprint density at radius 3 is 2.61 bits per heavy atom. The van der Waals surface area contributed by atoms with Gasteiger partial charge in [0.05, 0.1) is 5.41 Å². The minimum atomic E-state index is -0.865. The summed E-state index contributed by atoms with van der Waals surface area (Å²) in [4.78, 5) is 22.9. The molecule has 1 saturated carbocycles. The number of aromatic hydroxyl groups is 1. The van der Waals surface area contributed by atoms with Gasteiger partial charge in [-0.15, -0.1) is 0 Å². The quantitative estimate of drug-likeness (QED) is 0.750. The number of aliphatic carboxylic acids is 1. The van der Waals surface area contributed by atoms with Crippen molar-refractivity contribution >= 4 is 11.9 Å². The number of carbonyl (C=O) groups excluding carboxylic acids is 1. The molecular formula is C13H15NO4. The van der Waals surface area contributed by atoms with Gasteiger partial charge >= 0.3 is 5.97 Å². The average molecular weight is 249 g/mol. The van der Waals surface area contributed by atoms with E-state index in [1.54, 1.807) is 19.1 Å². The fraction of sp³-hybridized carbons (Fsp3) is 0.385. The van der Waals surface area contributed by atoms with Crippen molar-refractivity contribution in [2.75, 3.05) is 6.54 Å². The summed E-state index contributed by atoms with van der Waals surface area (Å²) < 4.78 is 0. The topological polar surface area (TPSA) is 86.6 Å². The second-order valence-electron chi connectivity index (χ2n) is 4.72. The second kappa shape index (κ2) is 4.33. The van der Waals surface area contributed by atoms with Crippen LogP contribution in [-0.2, 0) is 4.79 Å². The monoisotopic (exact) mass is 249 g/mol. The lowest BCUT2D eigenvalue weighted by atomic mass is 10.1. The van der Waals surface area contributed by atoms with Crippen LogP contribution in [0.25, 0.3) is 0 Å². The average Bonchev–Trinajstić information content (AvgIpc) is 3.11. The molecule has 0 atom stereocenters. The molecule has 0 saturated heterocycles. The van der Waals surface area contributed by atoms with Crippen LogP contribution in [0.4, 0.5) is 0 Å². The Labute approximate surface area is 104 Å². The summed E-state index contributed by atoms with van der Waals surface area (Å²) >= 11 is 0. The maximum atomic E-state index is 11.9. The van der Waals surface area contributed by atoms with E-state index in [-0.39, 0.29) is 18.2 Å². The van der Waals surface area contributed by atoms with Crippen LogP contribution in [0.3, 0.4) is 0 Å². The number of benzene rings is 1. The highest BCUT2D eigenvalue weighted by molar-refractivity contribution is 5.96. The molecule has 2 rings (SSSR count). The molecule has 0 heterocycles. The Kier molecular flexibility index (Phi) is 2.98. The van der Waals surface area contributed by atoms with Crippen LogP contribution in [0.5, 0.6) is 5.75 Å². The van der Waals surface area contributed by atoms with Crippen molar-refractivity contribution in [1.82, 2.24) is 5.32 Å². The summed E-state index contributed by atoms with van der Waals surface area (Å²) in [6.07, 6.45) is 1.20. The summed E-state index contributed by atoms with van der Waals surface area (Å²) in [7, 11) is 0. The predicted octanol–water partition coefficient (Wildman–Crippen LogP) is 1.30. The van der Waals surface area contributed by atoms with Crippen LogP contribution in [-0.4, -0.2) is 28.6 Å². The zero-order valence-corrected chi connectivity index (χ0v) is 10.1. The van der Waals surface area contributed by atoms with Gasteiger partial charge in [-0.25, -0.2) is 0 Å². The number of carboxylic acids is 1. The molecule has 1 amide bonds. The minimum absolute atomic E-state index is 0.0574. The molecule has 1 aromatic rings. The molecule has 5 nitrogen and oxygen atoms in total. The van der Waals surface area contributed by atoms with Gasteiger partial charge in [-0.05, 0) is 31.9 Å². The molecular weight excluding hydrogens is 234 g/mol. The molecule has 0 unspecified atom stereocenters. The lowest BCUT2D eigenvalue weighted by Crippen LogP contribution is -2.34. The summed E-state index contributed by atoms with van der Waals surface area (Å²) in [5, 5.41) is 21.1. The number of hydrogen-bond acceptors (Lipinski definition) is 3. The zero-order valence-electron chi connectivity index (χ0n) is 10.1. The number of carboxylic acid groups (broad SMARTS) is 1. The van der Waals surface area contributed by atoms with Gasteiger partial charge in [0.15, 0.2) is 0 Å². The Bertz CT molecular complexity index is 506. The molecule has 0 spiro atoms. The summed E-state index contributed by atoms with van der Waals surface area (Å²) in [5.74, 6) is -1.16. The Morgan fingerprint density at radius 1 is 1.39 bits per heavy atom. The van der Waals surface area contributed by atoms with Crippen LogP contribution < -0.4 is 5.32 Å². The van der Waals surface area contributed by atoms with Crippen LogP contribution >= 0.6 is 0 Å². The van der Waals surface area contributed by atoms with E-state index in [4.69, 9.17) is 5.11 Å². The first-order valence-electron chi connectivity index (χ1n) is 5.76. The molecule has 1 aliphatic carbocycles. The highest BCUT2D eigenvalue weighted by atomic mass is 16.4. The zero-order chi connectivity index (χ0) is 13.3. The number of hydrogen-bond donors (Lipinski definition) is 3. The molecule has 1 aromatic carbocycles. The third kappa shape index (κ3) is 2.16. The molecule has 3 N–H and O–H groups in total. The smallest absolute Gasteiger partial charge is 0.311 e. The normalized spacial score (nSPS) is 16.1. The van der Waals surface area contributed by atoms with Gasteiger partial charge in [0.1, 0.15) is 5.75 Å². The van der Waals surface area contributed by atoms with E-state index in [0.717, 1.165) is 0 Å². The summed E-state index contributed by atoms with van der Waals surface area (Å²) in [6.45, 7) is 1.78. The van der Waals surface area contributed by atoms with Crippen molar-refractivity contribution in [1.29, 1.82) is 0 Å². The number of phenols is 1. The Hall–Kier alpha value is -2.04. The first-order valence-corrected chi connectivity index (χ1v) is 5.76. The van der Waals surface area contributed by atoms with Crippen LogP contribution in [0.15, 0.2) is 18.2 Å². The SMILES string of the molecule is Cc1c(O)cccc1C(=O)NCC1(C(=O)O)CC1. The maximum Gasteiger partial charge on any atom is 0.311 e. The summed E-state index contributed by atoms with van der Waals surface area (Å²) in [5.41, 5.74) is 0.0896. The predicted molar refractivity (Wildman–Crippen MR) is 64.5 cm³/mol. The number of nitrogens with one attached hydrogen (secondary N) is 1. The van der Waals surface area contributed by atoms with Crippen molar-refractivity contribution in [2.45, 2.75) is 19.8 Å². The van der Waals surface area contributed by atoms with Gasteiger partial charge in [-0.2, -0.15) is 0 Å². The Morgan fingerprint density at radius 2 is 2.06 bits per heavy atom. The van der Waals surface area contributed by atoms with Gasteiger partial charge in [0, 0.05) is 17.7 Å². The first-order chi connectivity index (χ1) is 8.46. The summed E-state index contributed by atoms with van der Waals surface area (Å²) in [6, 6.07) is 4.69. The van der Waals surface area contributed by atoms with Gasteiger partial charge < -0.3 is 15.5 Å². The molecule has 0 aliphatic heterocycles. The number of phenolic OH excluding ortho intramolecular Hbond substituents is 1. The van der Waals surface area contributed by atoms with Crippen molar-refractivity contribution in [3.63, 3.8) is 0 Å². The van der Waals surface area contributed by atoms with E-state index in [1.807, 2.05) is 0 Å². The van der Waals surface area contributed by atoms with E-state index < -0.39 is 11.4 Å².